The van der Waals surface area contributed by atoms with Crippen molar-refractivity contribution in [1.29, 1.82) is 0 Å². The van der Waals surface area contributed by atoms with Crippen LogP contribution >= 0.6 is 0 Å². The lowest BCUT2D eigenvalue weighted by Crippen LogP contribution is -2.02. The van der Waals surface area contributed by atoms with Crippen LogP contribution in [0.1, 0.15) is 5.56 Å². The van der Waals surface area contributed by atoms with Crippen LogP contribution in [0.15, 0.2) is 18.2 Å². The molecule has 0 radical (unpaired) electrons. The van der Waals surface area contributed by atoms with Crippen LogP contribution in [0, 0.1) is 6.92 Å². The van der Waals surface area contributed by atoms with Crippen LogP contribution in [0.4, 0.5) is 5.69 Å². The SMILES string of the molecule is COc1nc(OC)nc(Oc2cccc(C)c2N)n1. The van der Waals surface area contributed by atoms with Crippen molar-refractivity contribution in [3.63, 3.8) is 0 Å². The van der Waals surface area contributed by atoms with Gasteiger partial charge in [0, 0.05) is 0 Å². The summed E-state index contributed by atoms with van der Waals surface area (Å²) in [5.74, 6) is 0.468. The van der Waals surface area contributed by atoms with Crippen LogP contribution in [-0.2, 0) is 0 Å². The quantitative estimate of drug-likeness (QED) is 0.836. The van der Waals surface area contributed by atoms with Gasteiger partial charge in [0.2, 0.25) is 0 Å². The standard InChI is InChI=1S/C12H14N4O3/c1-7-5-4-6-8(9(7)13)19-12-15-10(17-2)14-11(16-12)18-3/h4-6H,13H2,1-3H3. The topological polar surface area (TPSA) is 92.4 Å². The number of rotatable bonds is 4. The fourth-order valence-corrected chi connectivity index (χ4v) is 1.39. The van der Waals surface area contributed by atoms with Crippen molar-refractivity contribution < 1.29 is 14.2 Å². The van der Waals surface area contributed by atoms with E-state index in [1.807, 2.05) is 19.1 Å². The van der Waals surface area contributed by atoms with Gasteiger partial charge in [-0.15, -0.1) is 15.0 Å². The summed E-state index contributed by atoms with van der Waals surface area (Å²) in [5.41, 5.74) is 7.35. The maximum atomic E-state index is 5.91. The first kappa shape index (κ1) is 12.9. The Morgan fingerprint density at radius 2 is 1.53 bits per heavy atom. The summed E-state index contributed by atoms with van der Waals surface area (Å²) in [6.45, 7) is 1.89. The molecule has 19 heavy (non-hydrogen) atoms. The van der Waals surface area contributed by atoms with Gasteiger partial charge in [-0.05, 0) is 18.6 Å². The minimum atomic E-state index is 0.0565. The molecule has 0 aliphatic heterocycles. The summed E-state index contributed by atoms with van der Waals surface area (Å²) < 4.78 is 15.4. The van der Waals surface area contributed by atoms with E-state index in [1.165, 1.54) is 14.2 Å². The van der Waals surface area contributed by atoms with Gasteiger partial charge in [0.15, 0.2) is 5.75 Å². The van der Waals surface area contributed by atoms with Gasteiger partial charge in [0.25, 0.3) is 0 Å². The number of benzene rings is 1. The highest BCUT2D eigenvalue weighted by Crippen LogP contribution is 2.28. The molecule has 0 atom stereocenters. The molecule has 100 valence electrons. The number of hydrogen-bond donors (Lipinski definition) is 1. The number of para-hydroxylation sites is 1. The largest absolute Gasteiger partial charge is 0.467 e. The van der Waals surface area contributed by atoms with Crippen molar-refractivity contribution in [2.24, 2.45) is 0 Å². The van der Waals surface area contributed by atoms with Crippen LogP contribution in [-0.4, -0.2) is 29.2 Å². The average Bonchev–Trinajstić information content (AvgIpc) is 2.43. The number of nitrogens with two attached hydrogens (primary N) is 1. The van der Waals surface area contributed by atoms with Crippen molar-refractivity contribution in [2.45, 2.75) is 6.92 Å². The summed E-state index contributed by atoms with van der Waals surface area (Å²) in [5, 5.41) is 0. The Morgan fingerprint density at radius 1 is 0.947 bits per heavy atom. The molecule has 0 bridgehead atoms. The van der Waals surface area contributed by atoms with E-state index in [9.17, 15) is 0 Å². The molecule has 1 aromatic heterocycles. The Balaban J connectivity index is 2.34. The fourth-order valence-electron chi connectivity index (χ4n) is 1.39. The second kappa shape index (κ2) is 5.38. The number of hydrogen-bond acceptors (Lipinski definition) is 7. The van der Waals surface area contributed by atoms with Crippen molar-refractivity contribution >= 4 is 5.69 Å². The normalized spacial score (nSPS) is 10.1. The lowest BCUT2D eigenvalue weighted by Gasteiger charge is -2.09. The lowest BCUT2D eigenvalue weighted by atomic mass is 10.2. The van der Waals surface area contributed by atoms with Gasteiger partial charge in [-0.2, -0.15) is 0 Å². The molecule has 0 unspecified atom stereocenters. The molecule has 0 amide bonds. The summed E-state index contributed by atoms with van der Waals surface area (Å²) in [6.07, 6.45) is 0. The van der Waals surface area contributed by atoms with Gasteiger partial charge in [-0.1, -0.05) is 12.1 Å². The fraction of sp³-hybridized carbons (Fsp3) is 0.250. The molecule has 0 aliphatic rings. The van der Waals surface area contributed by atoms with Gasteiger partial charge in [-0.25, -0.2) is 0 Å². The molecule has 2 aromatic rings. The first-order chi connectivity index (χ1) is 9.13. The van der Waals surface area contributed by atoms with Crippen molar-refractivity contribution in [2.75, 3.05) is 20.0 Å². The lowest BCUT2D eigenvalue weighted by molar-refractivity contribution is 0.320. The highest BCUT2D eigenvalue weighted by molar-refractivity contribution is 5.58. The monoisotopic (exact) mass is 262 g/mol. The third-order valence-corrected chi connectivity index (χ3v) is 2.42. The Bertz CT molecular complexity index is 567. The van der Waals surface area contributed by atoms with Crippen LogP contribution < -0.4 is 19.9 Å². The molecule has 2 N–H and O–H groups in total. The number of ether oxygens (including phenoxy) is 3. The molecule has 7 heteroatoms. The third-order valence-electron chi connectivity index (χ3n) is 2.42. The summed E-state index contributed by atoms with van der Waals surface area (Å²) in [7, 11) is 2.89. The maximum absolute atomic E-state index is 5.91. The third kappa shape index (κ3) is 2.82. The maximum Gasteiger partial charge on any atom is 0.331 e. The van der Waals surface area contributed by atoms with Crippen molar-refractivity contribution in [3.05, 3.63) is 23.8 Å². The van der Waals surface area contributed by atoms with E-state index in [1.54, 1.807) is 6.07 Å². The first-order valence-electron chi connectivity index (χ1n) is 5.51. The number of nitrogen functional groups attached to an aromatic ring is 1. The second-order valence-electron chi connectivity index (χ2n) is 3.68. The average molecular weight is 262 g/mol. The smallest absolute Gasteiger partial charge is 0.331 e. The van der Waals surface area contributed by atoms with Gasteiger partial charge < -0.3 is 19.9 Å². The zero-order chi connectivity index (χ0) is 13.8. The Hall–Kier alpha value is -2.57. The van der Waals surface area contributed by atoms with Crippen LogP contribution in [0.3, 0.4) is 0 Å². The highest BCUT2D eigenvalue weighted by atomic mass is 16.5. The summed E-state index contributed by atoms with van der Waals surface area (Å²) in [4.78, 5) is 11.8. The molecule has 0 saturated heterocycles. The van der Waals surface area contributed by atoms with E-state index in [0.29, 0.717) is 11.4 Å². The number of methoxy groups -OCH3 is 2. The molecular formula is C12H14N4O3. The molecule has 0 aliphatic carbocycles. The predicted molar refractivity (Wildman–Crippen MR) is 68.6 cm³/mol. The van der Waals surface area contributed by atoms with Gasteiger partial charge in [0.05, 0.1) is 19.9 Å². The van der Waals surface area contributed by atoms with Gasteiger partial charge in [-0.3, -0.25) is 0 Å². The molecule has 2 rings (SSSR count). The van der Waals surface area contributed by atoms with Crippen LogP contribution in [0.2, 0.25) is 0 Å². The highest BCUT2D eigenvalue weighted by Gasteiger charge is 2.11. The molecule has 0 saturated carbocycles. The summed E-state index contributed by atoms with van der Waals surface area (Å²) >= 11 is 0. The van der Waals surface area contributed by atoms with Gasteiger partial charge >= 0.3 is 18.0 Å². The molecule has 1 aromatic carbocycles. The second-order valence-corrected chi connectivity index (χ2v) is 3.68. The predicted octanol–water partition coefficient (Wildman–Crippen LogP) is 1.57. The zero-order valence-electron chi connectivity index (χ0n) is 10.9. The minimum absolute atomic E-state index is 0.0565. The van der Waals surface area contributed by atoms with Crippen molar-refractivity contribution in [1.82, 2.24) is 15.0 Å². The molecule has 0 spiro atoms. The van der Waals surface area contributed by atoms with E-state index in [2.05, 4.69) is 15.0 Å². The van der Waals surface area contributed by atoms with E-state index in [-0.39, 0.29) is 18.0 Å². The van der Waals surface area contributed by atoms with E-state index in [4.69, 9.17) is 19.9 Å². The van der Waals surface area contributed by atoms with Crippen LogP contribution in [0.25, 0.3) is 0 Å². The zero-order valence-corrected chi connectivity index (χ0v) is 10.9. The van der Waals surface area contributed by atoms with Crippen LogP contribution in [0.5, 0.6) is 23.8 Å². The Labute approximate surface area is 110 Å². The number of nitrogens with zero attached hydrogens (tertiary/aromatic N) is 3. The number of aromatic nitrogens is 3. The van der Waals surface area contributed by atoms with E-state index < -0.39 is 0 Å². The number of aryl methyl sites for hydroxylation is 1. The first-order valence-corrected chi connectivity index (χ1v) is 5.51. The molecular weight excluding hydrogens is 248 g/mol. The Kier molecular flexibility index (Phi) is 3.65. The van der Waals surface area contributed by atoms with Gasteiger partial charge in [0.1, 0.15) is 0 Å². The minimum Gasteiger partial charge on any atom is -0.467 e. The molecule has 7 nitrogen and oxygen atoms in total. The van der Waals surface area contributed by atoms with E-state index in [0.717, 1.165) is 5.56 Å². The van der Waals surface area contributed by atoms with Crippen molar-refractivity contribution in [3.8, 4) is 23.8 Å². The molecule has 0 fully saturated rings. The van der Waals surface area contributed by atoms with E-state index >= 15 is 0 Å². The Morgan fingerprint density at radius 3 is 2.11 bits per heavy atom. The summed E-state index contributed by atoms with van der Waals surface area (Å²) in [6, 6.07) is 5.71. The number of anilines is 1. The molecule has 1 heterocycles.